The van der Waals surface area contributed by atoms with E-state index in [0.29, 0.717) is 11.0 Å². The third-order valence-electron chi connectivity index (χ3n) is 4.54. The Morgan fingerprint density at radius 2 is 2.00 bits per heavy atom. The molecule has 0 radical (unpaired) electrons. The number of nitrogen functional groups attached to an aromatic ring is 1. The van der Waals surface area contributed by atoms with Crippen LogP contribution in [0.15, 0.2) is 28.6 Å². The van der Waals surface area contributed by atoms with Crippen LogP contribution < -0.4 is 10.6 Å². The Bertz CT molecular complexity index is 665. The number of hydrogen-bond donors (Lipinski definition) is 1. The second-order valence-corrected chi connectivity index (χ2v) is 9.04. The van der Waals surface area contributed by atoms with Gasteiger partial charge in [0.2, 0.25) is 5.13 Å². The summed E-state index contributed by atoms with van der Waals surface area (Å²) in [6.07, 6.45) is 1.17. The number of aromatic nitrogens is 2. The van der Waals surface area contributed by atoms with E-state index in [2.05, 4.69) is 58.1 Å². The summed E-state index contributed by atoms with van der Waals surface area (Å²) < 4.78 is 0.979. The molecule has 0 bridgehead atoms. The third kappa shape index (κ3) is 5.33. The molecular weight excluding hydrogens is 350 g/mol. The first kappa shape index (κ1) is 18.5. The van der Waals surface area contributed by atoms with Crippen molar-refractivity contribution in [3.63, 3.8) is 0 Å². The fraction of sp³-hybridized carbons (Fsp3) is 0.556. The molecule has 5 nitrogen and oxygen atoms in total. The van der Waals surface area contributed by atoms with Crippen LogP contribution in [0.25, 0.3) is 0 Å². The van der Waals surface area contributed by atoms with Crippen molar-refractivity contribution in [1.29, 1.82) is 0 Å². The zero-order chi connectivity index (χ0) is 17.6. The molecule has 3 rings (SSSR count). The van der Waals surface area contributed by atoms with Gasteiger partial charge in [-0.25, -0.2) is 0 Å². The van der Waals surface area contributed by atoms with Crippen LogP contribution >= 0.6 is 23.1 Å². The van der Waals surface area contributed by atoms with Gasteiger partial charge >= 0.3 is 0 Å². The Morgan fingerprint density at radius 3 is 2.68 bits per heavy atom. The second-order valence-electron chi connectivity index (χ2n) is 6.69. The summed E-state index contributed by atoms with van der Waals surface area (Å²) in [7, 11) is 0. The molecule has 2 aromatic rings. The standard InChI is InChI=1S/C18H27N5S2/c1-14(2)15-5-3-6-16(13-15)23-10-8-22(9-11-23)7-4-12-24-18-21-20-17(19)25-18/h3,5-6,13-14H,4,7-12H2,1-2H3,(H2,19,20). The summed E-state index contributed by atoms with van der Waals surface area (Å²) in [5, 5.41) is 8.45. The van der Waals surface area contributed by atoms with E-state index >= 15 is 0 Å². The number of nitrogens with zero attached hydrogens (tertiary/aromatic N) is 4. The summed E-state index contributed by atoms with van der Waals surface area (Å²) in [5.74, 6) is 1.66. The molecule has 7 heteroatoms. The molecule has 2 N–H and O–H groups in total. The van der Waals surface area contributed by atoms with Gasteiger partial charge in [-0.2, -0.15) is 0 Å². The summed E-state index contributed by atoms with van der Waals surface area (Å²) in [4.78, 5) is 5.08. The molecule has 2 heterocycles. The van der Waals surface area contributed by atoms with E-state index in [1.54, 1.807) is 11.8 Å². The zero-order valence-electron chi connectivity index (χ0n) is 15.0. The maximum Gasteiger partial charge on any atom is 0.203 e. The Morgan fingerprint density at radius 1 is 1.20 bits per heavy atom. The largest absolute Gasteiger partial charge is 0.374 e. The highest BCUT2D eigenvalue weighted by molar-refractivity contribution is 8.01. The molecule has 1 aromatic carbocycles. The Labute approximate surface area is 158 Å². The van der Waals surface area contributed by atoms with Crippen LogP contribution in [0, 0.1) is 0 Å². The molecule has 0 amide bonds. The fourth-order valence-corrected chi connectivity index (χ4v) is 4.67. The van der Waals surface area contributed by atoms with Gasteiger partial charge in [0.05, 0.1) is 0 Å². The minimum absolute atomic E-state index is 0.556. The summed E-state index contributed by atoms with van der Waals surface area (Å²) in [6, 6.07) is 9.01. The van der Waals surface area contributed by atoms with Gasteiger partial charge in [0.15, 0.2) is 4.34 Å². The molecule has 1 saturated heterocycles. The molecule has 1 aromatic heterocycles. The van der Waals surface area contributed by atoms with E-state index in [9.17, 15) is 0 Å². The van der Waals surface area contributed by atoms with E-state index in [1.165, 1.54) is 29.0 Å². The number of hydrogen-bond acceptors (Lipinski definition) is 7. The van der Waals surface area contributed by atoms with Crippen molar-refractivity contribution in [2.45, 2.75) is 30.5 Å². The van der Waals surface area contributed by atoms with E-state index in [0.717, 1.165) is 42.8 Å². The summed E-state index contributed by atoms with van der Waals surface area (Å²) >= 11 is 3.23. The van der Waals surface area contributed by atoms with Crippen LogP contribution in [0.2, 0.25) is 0 Å². The van der Waals surface area contributed by atoms with Gasteiger partial charge in [0, 0.05) is 37.6 Å². The third-order valence-corrected chi connectivity index (χ3v) is 6.51. The molecular formula is C18H27N5S2. The zero-order valence-corrected chi connectivity index (χ0v) is 16.7. The topological polar surface area (TPSA) is 58.3 Å². The Balaban J connectivity index is 1.39. The first-order valence-electron chi connectivity index (χ1n) is 8.91. The van der Waals surface area contributed by atoms with Gasteiger partial charge < -0.3 is 10.6 Å². The summed E-state index contributed by atoms with van der Waals surface area (Å²) in [5.41, 5.74) is 8.40. The lowest BCUT2D eigenvalue weighted by atomic mass is 10.0. The Hall–Kier alpha value is -1.31. The molecule has 136 valence electrons. The van der Waals surface area contributed by atoms with Gasteiger partial charge in [0.25, 0.3) is 0 Å². The van der Waals surface area contributed by atoms with Gasteiger partial charge in [-0.1, -0.05) is 49.1 Å². The van der Waals surface area contributed by atoms with Crippen LogP contribution in [0.5, 0.6) is 0 Å². The lowest BCUT2D eigenvalue weighted by molar-refractivity contribution is 0.259. The van der Waals surface area contributed by atoms with Crippen molar-refractivity contribution < 1.29 is 0 Å². The fourth-order valence-electron chi connectivity index (χ4n) is 3.04. The number of benzene rings is 1. The molecule has 0 atom stereocenters. The maximum absolute atomic E-state index is 5.61. The van der Waals surface area contributed by atoms with Gasteiger partial charge in [-0.3, -0.25) is 4.90 Å². The number of anilines is 2. The average molecular weight is 378 g/mol. The first-order chi connectivity index (χ1) is 12.1. The molecule has 1 aliphatic heterocycles. The highest BCUT2D eigenvalue weighted by atomic mass is 32.2. The highest BCUT2D eigenvalue weighted by Gasteiger charge is 2.17. The predicted octanol–water partition coefficient (Wildman–Crippen LogP) is 3.55. The predicted molar refractivity (Wildman–Crippen MR) is 109 cm³/mol. The normalized spacial score (nSPS) is 15.9. The van der Waals surface area contributed by atoms with E-state index < -0.39 is 0 Å². The van der Waals surface area contributed by atoms with Crippen LogP contribution in [0.3, 0.4) is 0 Å². The first-order valence-corrected chi connectivity index (χ1v) is 10.7. The molecule has 0 spiro atoms. The molecule has 25 heavy (non-hydrogen) atoms. The lowest BCUT2D eigenvalue weighted by Crippen LogP contribution is -2.46. The van der Waals surface area contributed by atoms with Crippen LogP contribution in [-0.2, 0) is 0 Å². The van der Waals surface area contributed by atoms with E-state index in [1.807, 2.05) is 0 Å². The molecule has 0 saturated carbocycles. The minimum atomic E-state index is 0.556. The molecule has 0 aliphatic carbocycles. The molecule has 1 aliphatic rings. The number of nitrogens with two attached hydrogens (primary N) is 1. The SMILES string of the molecule is CC(C)c1cccc(N2CCN(CCCSc3nnc(N)s3)CC2)c1. The van der Waals surface area contributed by atoms with Gasteiger partial charge in [-0.05, 0) is 36.6 Å². The van der Waals surface area contributed by atoms with Crippen molar-refractivity contribution in [3.05, 3.63) is 29.8 Å². The maximum atomic E-state index is 5.61. The average Bonchev–Trinajstić information content (AvgIpc) is 3.04. The Kier molecular flexibility index (Phi) is 6.56. The lowest BCUT2D eigenvalue weighted by Gasteiger charge is -2.36. The van der Waals surface area contributed by atoms with Crippen LogP contribution in [-0.4, -0.2) is 53.6 Å². The van der Waals surface area contributed by atoms with E-state index in [4.69, 9.17) is 5.73 Å². The minimum Gasteiger partial charge on any atom is -0.374 e. The van der Waals surface area contributed by atoms with Gasteiger partial charge in [0.1, 0.15) is 0 Å². The number of piperazine rings is 1. The smallest absolute Gasteiger partial charge is 0.203 e. The monoisotopic (exact) mass is 377 g/mol. The van der Waals surface area contributed by atoms with Crippen molar-refractivity contribution in [3.8, 4) is 0 Å². The quantitative estimate of drug-likeness (QED) is 0.588. The second kappa shape index (κ2) is 8.87. The van der Waals surface area contributed by atoms with Crippen molar-refractivity contribution in [2.75, 3.05) is 49.1 Å². The number of thioether (sulfide) groups is 1. The highest BCUT2D eigenvalue weighted by Crippen LogP contribution is 2.25. The molecule has 1 fully saturated rings. The van der Waals surface area contributed by atoms with E-state index in [-0.39, 0.29) is 0 Å². The van der Waals surface area contributed by atoms with Crippen LogP contribution in [0.4, 0.5) is 10.8 Å². The van der Waals surface area contributed by atoms with Crippen LogP contribution in [0.1, 0.15) is 31.7 Å². The van der Waals surface area contributed by atoms with Crippen molar-refractivity contribution in [2.24, 2.45) is 0 Å². The molecule has 0 unspecified atom stereocenters. The van der Waals surface area contributed by atoms with Crippen molar-refractivity contribution in [1.82, 2.24) is 15.1 Å². The van der Waals surface area contributed by atoms with Gasteiger partial charge in [-0.15, -0.1) is 10.2 Å². The van der Waals surface area contributed by atoms with Crippen molar-refractivity contribution >= 4 is 33.9 Å². The number of rotatable bonds is 7. The summed E-state index contributed by atoms with van der Waals surface area (Å²) in [6.45, 7) is 10.2.